The van der Waals surface area contributed by atoms with Crippen molar-refractivity contribution in [1.82, 2.24) is 15.5 Å². The second-order valence-corrected chi connectivity index (χ2v) is 8.28. The van der Waals surface area contributed by atoms with Crippen LogP contribution in [0.5, 0.6) is 5.75 Å². The molecule has 0 saturated carbocycles. The van der Waals surface area contributed by atoms with Gasteiger partial charge in [0.2, 0.25) is 11.8 Å². The summed E-state index contributed by atoms with van der Waals surface area (Å²) in [6.07, 6.45) is 1.52. The van der Waals surface area contributed by atoms with Gasteiger partial charge in [-0.1, -0.05) is 18.2 Å². The van der Waals surface area contributed by atoms with Crippen LogP contribution in [0, 0.1) is 0 Å². The van der Waals surface area contributed by atoms with Crippen molar-refractivity contribution in [2.24, 2.45) is 0 Å². The average molecular weight is 413 g/mol. The molecule has 7 nitrogen and oxygen atoms in total. The van der Waals surface area contributed by atoms with Gasteiger partial charge in [-0.2, -0.15) is 0 Å². The van der Waals surface area contributed by atoms with E-state index in [2.05, 4.69) is 10.6 Å². The average Bonchev–Trinajstić information content (AvgIpc) is 3.27. The lowest BCUT2D eigenvalue weighted by atomic mass is 9.91. The zero-order valence-electron chi connectivity index (χ0n) is 16.1. The third-order valence-electron chi connectivity index (χ3n) is 5.48. The number of nitrogens with zero attached hydrogens (tertiary/aromatic N) is 1. The van der Waals surface area contributed by atoms with E-state index in [-0.39, 0.29) is 23.8 Å². The molecule has 1 aromatic carbocycles. The highest BCUT2D eigenvalue weighted by Crippen LogP contribution is 2.24. The SMILES string of the molecule is COc1ccc(CC2NC(=O)C3CC(NC(=O)c4cccs4)CCN3C2=O)cc1. The molecule has 8 heteroatoms. The summed E-state index contributed by atoms with van der Waals surface area (Å²) in [4.78, 5) is 40.3. The van der Waals surface area contributed by atoms with Crippen molar-refractivity contribution in [3.8, 4) is 5.75 Å². The lowest BCUT2D eigenvalue weighted by Crippen LogP contribution is -2.67. The first-order valence-corrected chi connectivity index (χ1v) is 10.5. The largest absolute Gasteiger partial charge is 0.497 e. The maximum Gasteiger partial charge on any atom is 0.261 e. The van der Waals surface area contributed by atoms with Crippen LogP contribution in [0.15, 0.2) is 41.8 Å². The molecule has 3 heterocycles. The Morgan fingerprint density at radius 3 is 2.76 bits per heavy atom. The Morgan fingerprint density at radius 2 is 2.07 bits per heavy atom. The maximum absolute atomic E-state index is 12.9. The topological polar surface area (TPSA) is 87.7 Å². The molecule has 0 radical (unpaired) electrons. The molecular weight excluding hydrogens is 390 g/mol. The monoisotopic (exact) mass is 413 g/mol. The molecule has 0 spiro atoms. The van der Waals surface area contributed by atoms with Gasteiger partial charge in [0.15, 0.2) is 0 Å². The number of hydrogen-bond acceptors (Lipinski definition) is 5. The van der Waals surface area contributed by atoms with E-state index in [1.165, 1.54) is 11.3 Å². The fraction of sp³-hybridized carbons (Fsp3) is 0.381. The molecule has 29 heavy (non-hydrogen) atoms. The van der Waals surface area contributed by atoms with Crippen LogP contribution in [-0.2, 0) is 16.0 Å². The molecular formula is C21H23N3O4S. The van der Waals surface area contributed by atoms with Crippen LogP contribution < -0.4 is 15.4 Å². The molecule has 0 bridgehead atoms. The van der Waals surface area contributed by atoms with Crippen LogP contribution in [-0.4, -0.2) is 54.4 Å². The van der Waals surface area contributed by atoms with E-state index in [0.717, 1.165) is 11.3 Å². The van der Waals surface area contributed by atoms with Crippen molar-refractivity contribution in [3.05, 3.63) is 52.2 Å². The number of fused-ring (bicyclic) bond motifs is 1. The fourth-order valence-electron chi connectivity index (χ4n) is 3.94. The standard InChI is InChI=1S/C21H23N3O4S/c1-28-15-6-4-13(5-7-15)11-16-21(27)24-9-8-14(12-17(24)19(25)23-16)22-20(26)18-3-2-10-29-18/h2-7,10,14,16-17H,8-9,11-12H2,1H3,(H,22,26)(H,23,25). The molecule has 2 fully saturated rings. The fourth-order valence-corrected chi connectivity index (χ4v) is 4.57. The summed E-state index contributed by atoms with van der Waals surface area (Å²) in [6, 6.07) is 9.87. The quantitative estimate of drug-likeness (QED) is 0.779. The zero-order valence-corrected chi connectivity index (χ0v) is 16.9. The zero-order chi connectivity index (χ0) is 20.4. The normalized spacial score (nSPS) is 23.9. The summed E-state index contributed by atoms with van der Waals surface area (Å²) in [5, 5.41) is 7.72. The Labute approximate surface area is 173 Å². The summed E-state index contributed by atoms with van der Waals surface area (Å²) in [5.41, 5.74) is 0.959. The predicted molar refractivity (Wildman–Crippen MR) is 109 cm³/mol. The number of piperazine rings is 1. The van der Waals surface area contributed by atoms with E-state index in [9.17, 15) is 14.4 Å². The number of hydrogen-bond donors (Lipinski definition) is 2. The third-order valence-corrected chi connectivity index (χ3v) is 6.35. The van der Waals surface area contributed by atoms with Gasteiger partial charge in [0.1, 0.15) is 17.8 Å². The second kappa shape index (κ2) is 8.24. The van der Waals surface area contributed by atoms with Gasteiger partial charge in [-0.05, 0) is 42.0 Å². The van der Waals surface area contributed by atoms with E-state index in [4.69, 9.17) is 4.74 Å². The lowest BCUT2D eigenvalue weighted by molar-refractivity contribution is -0.151. The van der Waals surface area contributed by atoms with Gasteiger partial charge in [0.05, 0.1) is 12.0 Å². The highest BCUT2D eigenvalue weighted by atomic mass is 32.1. The molecule has 2 aliphatic rings. The van der Waals surface area contributed by atoms with E-state index < -0.39 is 12.1 Å². The molecule has 152 valence electrons. The summed E-state index contributed by atoms with van der Waals surface area (Å²) in [7, 11) is 1.60. The third kappa shape index (κ3) is 4.12. The number of piperidine rings is 1. The van der Waals surface area contributed by atoms with Crippen LogP contribution in [0.2, 0.25) is 0 Å². The van der Waals surface area contributed by atoms with E-state index >= 15 is 0 Å². The second-order valence-electron chi connectivity index (χ2n) is 7.33. The first-order chi connectivity index (χ1) is 14.0. The van der Waals surface area contributed by atoms with Crippen molar-refractivity contribution in [2.45, 2.75) is 37.4 Å². The van der Waals surface area contributed by atoms with Crippen molar-refractivity contribution in [1.29, 1.82) is 0 Å². The Hall–Kier alpha value is -2.87. The van der Waals surface area contributed by atoms with Crippen LogP contribution in [0.3, 0.4) is 0 Å². The number of ether oxygens (including phenoxy) is 1. The maximum atomic E-state index is 12.9. The molecule has 2 aromatic rings. The van der Waals surface area contributed by atoms with Gasteiger partial charge in [-0.15, -0.1) is 11.3 Å². The molecule has 4 rings (SSSR count). The molecule has 2 saturated heterocycles. The number of rotatable bonds is 5. The highest BCUT2D eigenvalue weighted by molar-refractivity contribution is 7.12. The van der Waals surface area contributed by atoms with E-state index in [1.807, 2.05) is 35.7 Å². The molecule has 3 unspecified atom stereocenters. The van der Waals surface area contributed by atoms with E-state index in [0.29, 0.717) is 30.7 Å². The molecule has 2 N–H and O–H groups in total. The van der Waals surface area contributed by atoms with Gasteiger partial charge >= 0.3 is 0 Å². The summed E-state index contributed by atoms with van der Waals surface area (Å²) >= 11 is 1.38. The predicted octanol–water partition coefficient (Wildman–Crippen LogP) is 1.59. The Kier molecular flexibility index (Phi) is 5.53. The summed E-state index contributed by atoms with van der Waals surface area (Å²) in [5.74, 6) is 0.407. The van der Waals surface area contributed by atoms with Crippen LogP contribution in [0.4, 0.5) is 0 Å². The number of benzene rings is 1. The molecule has 0 aliphatic carbocycles. The van der Waals surface area contributed by atoms with Gasteiger partial charge in [0, 0.05) is 19.0 Å². The smallest absolute Gasteiger partial charge is 0.261 e. The molecule has 1 aromatic heterocycles. The van der Waals surface area contributed by atoms with Crippen molar-refractivity contribution in [3.63, 3.8) is 0 Å². The van der Waals surface area contributed by atoms with Crippen molar-refractivity contribution in [2.75, 3.05) is 13.7 Å². The summed E-state index contributed by atoms with van der Waals surface area (Å²) < 4.78 is 5.15. The van der Waals surface area contributed by atoms with Crippen LogP contribution >= 0.6 is 11.3 Å². The van der Waals surface area contributed by atoms with Crippen LogP contribution in [0.1, 0.15) is 28.1 Å². The Morgan fingerprint density at radius 1 is 1.28 bits per heavy atom. The number of carbonyl (C=O) groups excluding carboxylic acids is 3. The molecule has 3 amide bonds. The van der Waals surface area contributed by atoms with Crippen molar-refractivity contribution >= 4 is 29.1 Å². The summed E-state index contributed by atoms with van der Waals surface area (Å²) in [6.45, 7) is 0.464. The minimum Gasteiger partial charge on any atom is -0.497 e. The van der Waals surface area contributed by atoms with E-state index in [1.54, 1.807) is 18.1 Å². The van der Waals surface area contributed by atoms with Gasteiger partial charge < -0.3 is 20.3 Å². The number of carbonyl (C=O) groups is 3. The molecule has 3 atom stereocenters. The number of methoxy groups -OCH3 is 1. The van der Waals surface area contributed by atoms with Gasteiger partial charge in [-0.3, -0.25) is 14.4 Å². The molecule has 2 aliphatic heterocycles. The number of thiophene rings is 1. The van der Waals surface area contributed by atoms with Gasteiger partial charge in [0.25, 0.3) is 5.91 Å². The van der Waals surface area contributed by atoms with Crippen molar-refractivity contribution < 1.29 is 19.1 Å². The first kappa shape index (κ1) is 19.4. The minimum absolute atomic E-state index is 0.0616. The minimum atomic E-state index is -0.565. The van der Waals surface area contributed by atoms with Gasteiger partial charge in [-0.25, -0.2) is 0 Å². The number of nitrogens with one attached hydrogen (secondary N) is 2. The first-order valence-electron chi connectivity index (χ1n) is 9.63. The van der Waals surface area contributed by atoms with Crippen LogP contribution in [0.25, 0.3) is 0 Å². The lowest BCUT2D eigenvalue weighted by Gasteiger charge is -2.44. The highest BCUT2D eigenvalue weighted by Gasteiger charge is 2.44. The Bertz CT molecular complexity index is 897. The number of amides is 3. The Balaban J connectivity index is 1.38.